The van der Waals surface area contributed by atoms with Crippen LogP contribution < -0.4 is 10.5 Å². The van der Waals surface area contributed by atoms with Crippen molar-refractivity contribution in [3.63, 3.8) is 0 Å². The summed E-state index contributed by atoms with van der Waals surface area (Å²) in [5.41, 5.74) is 7.64. The third kappa shape index (κ3) is 4.57. The molecule has 1 saturated heterocycles. The number of nitrogens with two attached hydrogens (primary N) is 1. The van der Waals surface area contributed by atoms with Gasteiger partial charge in [0, 0.05) is 19.6 Å². The molecule has 0 saturated carbocycles. The van der Waals surface area contributed by atoms with Crippen LogP contribution in [0.5, 0.6) is 5.75 Å². The Morgan fingerprint density at radius 1 is 1.12 bits per heavy atom. The van der Waals surface area contributed by atoms with E-state index in [9.17, 15) is 4.79 Å². The zero-order chi connectivity index (χ0) is 16.8. The van der Waals surface area contributed by atoms with Crippen LogP contribution in [0.1, 0.15) is 11.1 Å². The lowest BCUT2D eigenvalue weighted by Crippen LogP contribution is -2.47. The highest BCUT2D eigenvalue weighted by Crippen LogP contribution is 2.16. The summed E-state index contributed by atoms with van der Waals surface area (Å²) in [5.74, 6) is 0.448. The maximum Gasteiger partial charge on any atom is 0.247 e. The maximum absolute atomic E-state index is 11.2. The zero-order valence-electron chi connectivity index (χ0n) is 13.6. The minimum absolute atomic E-state index is 0.399. The van der Waals surface area contributed by atoms with Crippen LogP contribution in [-0.2, 0) is 22.7 Å². The van der Waals surface area contributed by atoms with Crippen molar-refractivity contribution in [3.8, 4) is 5.75 Å². The van der Waals surface area contributed by atoms with Crippen LogP contribution in [-0.4, -0.2) is 36.6 Å². The molecule has 126 valence electrons. The number of morpholine rings is 1. The minimum Gasteiger partial charge on any atom is -0.489 e. The predicted octanol–water partition coefficient (Wildman–Crippen LogP) is 1.95. The first kappa shape index (κ1) is 16.5. The van der Waals surface area contributed by atoms with Gasteiger partial charge in [-0.05, 0) is 23.3 Å². The number of rotatable bonds is 6. The van der Waals surface area contributed by atoms with Crippen molar-refractivity contribution in [2.45, 2.75) is 19.3 Å². The fraction of sp³-hybridized carbons (Fsp3) is 0.316. The number of nitrogens with zero attached hydrogens (tertiary/aromatic N) is 1. The van der Waals surface area contributed by atoms with E-state index in [1.165, 1.54) is 5.56 Å². The summed E-state index contributed by atoms with van der Waals surface area (Å²) in [6.07, 6.45) is -0.507. The van der Waals surface area contributed by atoms with Crippen LogP contribution in [0.15, 0.2) is 54.6 Å². The number of hydrogen-bond acceptors (Lipinski definition) is 4. The Hall–Kier alpha value is -2.37. The van der Waals surface area contributed by atoms with Gasteiger partial charge in [0.25, 0.3) is 0 Å². The van der Waals surface area contributed by atoms with Gasteiger partial charge in [-0.2, -0.15) is 0 Å². The van der Waals surface area contributed by atoms with Crippen molar-refractivity contribution in [1.29, 1.82) is 0 Å². The van der Waals surface area contributed by atoms with E-state index in [1.54, 1.807) is 0 Å². The molecule has 2 aromatic rings. The van der Waals surface area contributed by atoms with Gasteiger partial charge < -0.3 is 15.2 Å². The Morgan fingerprint density at radius 2 is 1.88 bits per heavy atom. The summed E-state index contributed by atoms with van der Waals surface area (Å²) in [5, 5.41) is 0. The Balaban J connectivity index is 1.52. The highest BCUT2D eigenvalue weighted by Gasteiger charge is 2.24. The lowest BCUT2D eigenvalue weighted by molar-refractivity contribution is -0.135. The lowest BCUT2D eigenvalue weighted by atomic mass is 10.1. The molecule has 5 heteroatoms. The average Bonchev–Trinajstić information content (AvgIpc) is 2.62. The van der Waals surface area contributed by atoms with Crippen molar-refractivity contribution in [2.75, 3.05) is 19.7 Å². The molecular weight excluding hydrogens is 304 g/mol. The molecule has 1 heterocycles. The molecule has 5 nitrogen and oxygen atoms in total. The molecule has 3 rings (SSSR count). The molecule has 1 atom stereocenters. The molecule has 24 heavy (non-hydrogen) atoms. The highest BCUT2D eigenvalue weighted by atomic mass is 16.5. The summed E-state index contributed by atoms with van der Waals surface area (Å²) in [4.78, 5) is 13.4. The zero-order valence-corrected chi connectivity index (χ0v) is 13.6. The van der Waals surface area contributed by atoms with Crippen LogP contribution in [0, 0.1) is 0 Å². The second-order valence-electron chi connectivity index (χ2n) is 5.92. The normalized spacial score (nSPS) is 18.2. The van der Waals surface area contributed by atoms with Crippen molar-refractivity contribution in [2.24, 2.45) is 5.73 Å². The largest absolute Gasteiger partial charge is 0.489 e. The van der Waals surface area contributed by atoms with Crippen molar-refractivity contribution in [1.82, 2.24) is 4.90 Å². The number of benzene rings is 2. The SMILES string of the molecule is NC(=O)C1CN(Cc2ccc(OCc3ccccc3)cc2)CCO1. The Morgan fingerprint density at radius 3 is 2.58 bits per heavy atom. The number of hydrogen-bond donors (Lipinski definition) is 1. The van der Waals surface area contributed by atoms with E-state index < -0.39 is 12.0 Å². The number of amides is 1. The summed E-state index contributed by atoms with van der Waals surface area (Å²) in [6.45, 7) is 3.21. The van der Waals surface area contributed by atoms with Gasteiger partial charge in [-0.1, -0.05) is 42.5 Å². The van der Waals surface area contributed by atoms with Gasteiger partial charge in [0.2, 0.25) is 5.91 Å². The molecule has 2 aromatic carbocycles. The molecule has 0 aliphatic carbocycles. The smallest absolute Gasteiger partial charge is 0.247 e. The van der Waals surface area contributed by atoms with Crippen LogP contribution in [0.4, 0.5) is 0 Å². The van der Waals surface area contributed by atoms with Crippen LogP contribution in [0.3, 0.4) is 0 Å². The molecule has 1 unspecified atom stereocenters. The molecule has 1 amide bonds. The molecule has 0 spiro atoms. The predicted molar refractivity (Wildman–Crippen MR) is 91.4 cm³/mol. The first-order valence-electron chi connectivity index (χ1n) is 8.09. The van der Waals surface area contributed by atoms with Gasteiger partial charge in [0.05, 0.1) is 6.61 Å². The average molecular weight is 326 g/mol. The van der Waals surface area contributed by atoms with E-state index >= 15 is 0 Å². The number of carbonyl (C=O) groups is 1. The Kier molecular flexibility index (Phi) is 5.46. The molecule has 1 aliphatic heterocycles. The summed E-state index contributed by atoms with van der Waals surface area (Å²) in [6, 6.07) is 18.1. The van der Waals surface area contributed by atoms with Crippen molar-refractivity contribution >= 4 is 5.91 Å². The molecule has 0 aromatic heterocycles. The standard InChI is InChI=1S/C19H22N2O3/c20-19(22)18-13-21(10-11-23-18)12-15-6-8-17(9-7-15)24-14-16-4-2-1-3-5-16/h1-9,18H,10-14H2,(H2,20,22). The third-order valence-corrected chi connectivity index (χ3v) is 4.05. The van der Waals surface area contributed by atoms with Gasteiger partial charge in [-0.15, -0.1) is 0 Å². The van der Waals surface area contributed by atoms with E-state index in [-0.39, 0.29) is 0 Å². The fourth-order valence-corrected chi connectivity index (χ4v) is 2.71. The van der Waals surface area contributed by atoms with Crippen LogP contribution >= 0.6 is 0 Å². The quantitative estimate of drug-likeness (QED) is 0.881. The van der Waals surface area contributed by atoms with Gasteiger partial charge in [-0.3, -0.25) is 9.69 Å². The fourth-order valence-electron chi connectivity index (χ4n) is 2.71. The molecule has 0 bridgehead atoms. The van der Waals surface area contributed by atoms with Gasteiger partial charge >= 0.3 is 0 Å². The first-order valence-corrected chi connectivity index (χ1v) is 8.09. The number of ether oxygens (including phenoxy) is 2. The van der Waals surface area contributed by atoms with E-state index in [2.05, 4.69) is 17.0 Å². The van der Waals surface area contributed by atoms with Gasteiger partial charge in [-0.25, -0.2) is 0 Å². The summed E-state index contributed by atoms with van der Waals surface area (Å²) >= 11 is 0. The maximum atomic E-state index is 11.2. The number of carbonyl (C=O) groups excluding carboxylic acids is 1. The molecule has 1 fully saturated rings. The second-order valence-corrected chi connectivity index (χ2v) is 5.92. The molecule has 0 radical (unpaired) electrons. The Bertz CT molecular complexity index is 658. The molecule has 2 N–H and O–H groups in total. The van der Waals surface area contributed by atoms with Gasteiger partial charge in [0.15, 0.2) is 0 Å². The minimum atomic E-state index is -0.507. The third-order valence-electron chi connectivity index (χ3n) is 4.05. The Labute approximate surface area is 142 Å². The van der Waals surface area contributed by atoms with Crippen molar-refractivity contribution < 1.29 is 14.3 Å². The van der Waals surface area contributed by atoms with Gasteiger partial charge in [0.1, 0.15) is 18.5 Å². The van der Waals surface area contributed by atoms with E-state index in [0.717, 1.165) is 24.4 Å². The summed E-state index contributed by atoms with van der Waals surface area (Å²) in [7, 11) is 0. The lowest BCUT2D eigenvalue weighted by Gasteiger charge is -2.31. The second kappa shape index (κ2) is 7.95. The van der Waals surface area contributed by atoms with Crippen LogP contribution in [0.25, 0.3) is 0 Å². The van der Waals surface area contributed by atoms with E-state index in [4.69, 9.17) is 15.2 Å². The highest BCUT2D eigenvalue weighted by molar-refractivity contribution is 5.79. The monoisotopic (exact) mass is 326 g/mol. The summed E-state index contributed by atoms with van der Waals surface area (Å²) < 4.78 is 11.2. The number of primary amides is 1. The van der Waals surface area contributed by atoms with E-state index in [0.29, 0.717) is 19.8 Å². The van der Waals surface area contributed by atoms with Crippen LogP contribution in [0.2, 0.25) is 0 Å². The molecular formula is C19H22N2O3. The molecule has 1 aliphatic rings. The van der Waals surface area contributed by atoms with Crippen molar-refractivity contribution in [3.05, 3.63) is 65.7 Å². The first-order chi connectivity index (χ1) is 11.7. The topological polar surface area (TPSA) is 64.8 Å². The van der Waals surface area contributed by atoms with E-state index in [1.807, 2.05) is 42.5 Å².